The molecule has 0 atom stereocenters. The summed E-state index contributed by atoms with van der Waals surface area (Å²) in [4.78, 5) is 13.7. The lowest BCUT2D eigenvalue weighted by Crippen LogP contribution is -2.53. The molecule has 0 aliphatic carbocycles. The number of hydrogen-bond acceptors (Lipinski definition) is 3. The molecule has 1 saturated heterocycles. The number of benzene rings is 1. The maximum Gasteiger partial charge on any atom is 0.247 e. The van der Waals surface area contributed by atoms with Gasteiger partial charge in [0, 0.05) is 13.6 Å². The van der Waals surface area contributed by atoms with Gasteiger partial charge >= 0.3 is 0 Å². The number of carbonyl (C=O) groups excluding carboxylic acids is 1. The zero-order chi connectivity index (χ0) is 14.0. The molecule has 100 valence electrons. The van der Waals surface area contributed by atoms with Crippen molar-refractivity contribution in [2.24, 2.45) is 5.41 Å². The molecule has 0 radical (unpaired) electrons. The minimum atomic E-state index is -1.04. The van der Waals surface area contributed by atoms with Crippen LogP contribution in [-0.4, -0.2) is 31.1 Å². The van der Waals surface area contributed by atoms with Crippen LogP contribution in [0.25, 0.3) is 0 Å². The van der Waals surface area contributed by atoms with E-state index >= 15 is 0 Å². The van der Waals surface area contributed by atoms with Crippen LogP contribution in [0.4, 0.5) is 4.39 Å². The number of hydrogen-bond donors (Lipinski definition) is 0. The van der Waals surface area contributed by atoms with Gasteiger partial charge < -0.3 is 9.64 Å². The third kappa shape index (κ3) is 2.45. The monoisotopic (exact) mass is 262 g/mol. The second-order valence-corrected chi connectivity index (χ2v) is 4.93. The molecule has 1 fully saturated rings. The van der Waals surface area contributed by atoms with E-state index in [0.717, 1.165) is 5.56 Å². The molecule has 1 aromatic rings. The van der Waals surface area contributed by atoms with E-state index in [4.69, 9.17) is 10.00 Å². The third-order valence-electron chi connectivity index (χ3n) is 3.31. The first-order valence-corrected chi connectivity index (χ1v) is 5.98. The lowest BCUT2D eigenvalue weighted by atomic mass is 9.86. The molecule has 0 saturated carbocycles. The number of nitrogens with zero attached hydrogens (tertiary/aromatic N) is 2. The van der Waals surface area contributed by atoms with Gasteiger partial charge in [0.15, 0.2) is 5.41 Å². The molecular formula is C14H15FN2O2. The zero-order valence-corrected chi connectivity index (χ0v) is 10.9. The number of rotatable bonds is 3. The summed E-state index contributed by atoms with van der Waals surface area (Å²) in [5.41, 5.74) is 0.340. The smallest absolute Gasteiger partial charge is 0.247 e. The summed E-state index contributed by atoms with van der Waals surface area (Å²) in [7, 11) is 1.64. The van der Waals surface area contributed by atoms with E-state index in [1.54, 1.807) is 26.1 Å². The molecule has 0 bridgehead atoms. The van der Waals surface area contributed by atoms with Crippen molar-refractivity contribution in [1.82, 2.24) is 4.90 Å². The SMILES string of the molecule is Cc1cc(CN(C)C(=O)C2(C#N)COC2)ccc1F. The first kappa shape index (κ1) is 13.5. The predicted molar refractivity (Wildman–Crippen MR) is 66.5 cm³/mol. The van der Waals surface area contributed by atoms with Crippen LogP contribution in [0.15, 0.2) is 18.2 Å². The standard InChI is InChI=1S/C14H15FN2O2/c1-10-5-11(3-4-12(10)15)6-17(2)13(18)14(7-16)8-19-9-14/h3-5H,6,8-9H2,1-2H3. The number of carbonyl (C=O) groups is 1. The largest absolute Gasteiger partial charge is 0.377 e. The Hall–Kier alpha value is -1.93. The highest BCUT2D eigenvalue weighted by Gasteiger charge is 2.48. The molecule has 0 spiro atoms. The van der Waals surface area contributed by atoms with Crippen LogP contribution < -0.4 is 0 Å². The molecule has 1 aromatic carbocycles. The molecule has 19 heavy (non-hydrogen) atoms. The minimum Gasteiger partial charge on any atom is -0.377 e. The van der Waals surface area contributed by atoms with Crippen molar-refractivity contribution < 1.29 is 13.9 Å². The Morgan fingerprint density at radius 1 is 1.58 bits per heavy atom. The van der Waals surface area contributed by atoms with E-state index in [1.807, 2.05) is 6.07 Å². The van der Waals surface area contributed by atoms with Crippen molar-refractivity contribution in [1.29, 1.82) is 5.26 Å². The van der Waals surface area contributed by atoms with Crippen molar-refractivity contribution >= 4 is 5.91 Å². The van der Waals surface area contributed by atoms with Crippen LogP contribution in [0.1, 0.15) is 11.1 Å². The van der Waals surface area contributed by atoms with Gasteiger partial charge in [-0.2, -0.15) is 5.26 Å². The van der Waals surface area contributed by atoms with Crippen LogP contribution in [0.2, 0.25) is 0 Å². The van der Waals surface area contributed by atoms with E-state index in [1.165, 1.54) is 11.0 Å². The summed E-state index contributed by atoms with van der Waals surface area (Å²) < 4.78 is 18.1. The maximum absolute atomic E-state index is 13.2. The molecule has 1 aliphatic rings. The number of ether oxygens (including phenoxy) is 1. The van der Waals surface area contributed by atoms with Crippen LogP contribution >= 0.6 is 0 Å². The Labute approximate surface area is 111 Å². The topological polar surface area (TPSA) is 53.3 Å². The van der Waals surface area contributed by atoms with Gasteiger partial charge in [-0.3, -0.25) is 4.79 Å². The van der Waals surface area contributed by atoms with Crippen LogP contribution in [-0.2, 0) is 16.1 Å². The van der Waals surface area contributed by atoms with Gasteiger partial charge in [0.25, 0.3) is 0 Å². The molecule has 4 nitrogen and oxygen atoms in total. The van der Waals surface area contributed by atoms with E-state index in [-0.39, 0.29) is 24.9 Å². The average Bonchev–Trinajstić information content (AvgIpc) is 2.33. The Morgan fingerprint density at radius 3 is 2.74 bits per heavy atom. The van der Waals surface area contributed by atoms with Crippen LogP contribution in [0.5, 0.6) is 0 Å². The highest BCUT2D eigenvalue weighted by molar-refractivity contribution is 5.86. The fraction of sp³-hybridized carbons (Fsp3) is 0.429. The third-order valence-corrected chi connectivity index (χ3v) is 3.31. The molecule has 0 N–H and O–H groups in total. The van der Waals surface area contributed by atoms with Crippen LogP contribution in [0.3, 0.4) is 0 Å². The molecule has 1 aliphatic heterocycles. The number of aryl methyl sites for hydroxylation is 1. The fourth-order valence-electron chi connectivity index (χ4n) is 2.06. The summed E-state index contributed by atoms with van der Waals surface area (Å²) >= 11 is 0. The quantitative estimate of drug-likeness (QED) is 0.832. The Balaban J connectivity index is 2.08. The normalized spacial score (nSPS) is 16.3. The number of amides is 1. The maximum atomic E-state index is 13.2. The van der Waals surface area contributed by atoms with Gasteiger partial charge in [0.05, 0.1) is 19.3 Å². The van der Waals surface area contributed by atoms with Gasteiger partial charge in [-0.25, -0.2) is 4.39 Å². The molecule has 5 heteroatoms. The lowest BCUT2D eigenvalue weighted by Gasteiger charge is -2.36. The summed E-state index contributed by atoms with van der Waals surface area (Å²) in [5.74, 6) is -0.512. The molecule has 2 rings (SSSR count). The second kappa shape index (κ2) is 4.98. The van der Waals surface area contributed by atoms with Gasteiger partial charge in [0.2, 0.25) is 5.91 Å². The minimum absolute atomic E-state index is 0.148. The zero-order valence-electron chi connectivity index (χ0n) is 10.9. The summed E-state index contributed by atoms with van der Waals surface area (Å²) in [6, 6.07) is 6.76. The summed E-state index contributed by atoms with van der Waals surface area (Å²) in [6.45, 7) is 2.32. The summed E-state index contributed by atoms with van der Waals surface area (Å²) in [5, 5.41) is 9.08. The molecule has 1 amide bonds. The van der Waals surface area contributed by atoms with Crippen molar-refractivity contribution in [3.05, 3.63) is 35.1 Å². The highest BCUT2D eigenvalue weighted by atomic mass is 19.1. The van der Waals surface area contributed by atoms with Gasteiger partial charge in [-0.05, 0) is 24.1 Å². The Morgan fingerprint density at radius 2 is 2.26 bits per heavy atom. The van der Waals surface area contributed by atoms with Crippen molar-refractivity contribution in [3.63, 3.8) is 0 Å². The first-order chi connectivity index (χ1) is 8.98. The van der Waals surface area contributed by atoms with Crippen molar-refractivity contribution in [3.8, 4) is 6.07 Å². The Bertz CT molecular complexity index is 547. The molecule has 0 aromatic heterocycles. The lowest BCUT2D eigenvalue weighted by molar-refractivity contribution is -0.160. The summed E-state index contributed by atoms with van der Waals surface area (Å²) in [6.07, 6.45) is 0. The van der Waals surface area contributed by atoms with E-state index < -0.39 is 5.41 Å². The van der Waals surface area contributed by atoms with Crippen molar-refractivity contribution in [2.75, 3.05) is 20.3 Å². The molecule has 0 unspecified atom stereocenters. The average molecular weight is 262 g/mol. The Kier molecular flexibility index (Phi) is 3.54. The van der Waals surface area contributed by atoms with E-state index in [0.29, 0.717) is 12.1 Å². The highest BCUT2D eigenvalue weighted by Crippen LogP contribution is 2.29. The fourth-order valence-corrected chi connectivity index (χ4v) is 2.06. The van der Waals surface area contributed by atoms with Gasteiger partial charge in [-0.1, -0.05) is 12.1 Å². The van der Waals surface area contributed by atoms with E-state index in [2.05, 4.69) is 0 Å². The van der Waals surface area contributed by atoms with Crippen molar-refractivity contribution in [2.45, 2.75) is 13.5 Å². The molecule has 1 heterocycles. The number of halogens is 1. The van der Waals surface area contributed by atoms with E-state index in [9.17, 15) is 9.18 Å². The van der Waals surface area contributed by atoms with Crippen LogP contribution in [0, 0.1) is 29.5 Å². The van der Waals surface area contributed by atoms with Gasteiger partial charge in [-0.15, -0.1) is 0 Å². The molecular weight excluding hydrogens is 247 g/mol. The number of nitriles is 1. The predicted octanol–water partition coefficient (Wildman–Crippen LogP) is 1.63. The second-order valence-electron chi connectivity index (χ2n) is 4.93. The van der Waals surface area contributed by atoms with Gasteiger partial charge in [0.1, 0.15) is 5.82 Å². The first-order valence-electron chi connectivity index (χ1n) is 5.98.